The molecule has 2 fully saturated rings. The summed E-state index contributed by atoms with van der Waals surface area (Å²) in [5, 5.41) is 30.9. The van der Waals surface area contributed by atoms with Crippen molar-refractivity contribution in [1.29, 1.82) is 0 Å². The molecule has 0 aromatic rings. The molecule has 2 heterocycles. The summed E-state index contributed by atoms with van der Waals surface area (Å²) in [6.45, 7) is 6.54. The molecule has 0 aromatic carbocycles. The van der Waals surface area contributed by atoms with Gasteiger partial charge in [0.15, 0.2) is 30.9 Å². The number of esters is 4. The van der Waals surface area contributed by atoms with Crippen molar-refractivity contribution < 1.29 is 72.4 Å². The molecule has 0 bridgehead atoms. The minimum atomic E-state index is -1.67. The Morgan fingerprint density at radius 2 is 1.37 bits per heavy atom. The summed E-state index contributed by atoms with van der Waals surface area (Å²) in [6.07, 6.45) is -13.5. The van der Waals surface area contributed by atoms with Crippen molar-refractivity contribution in [1.82, 2.24) is 0 Å². The van der Waals surface area contributed by atoms with Crippen LogP contribution in [0.4, 0.5) is 0 Å². The van der Waals surface area contributed by atoms with Crippen LogP contribution in [0, 0.1) is 0 Å². The Morgan fingerprint density at radius 3 is 1.89 bits per heavy atom. The maximum absolute atomic E-state index is 12.0. The number of aliphatic hydroxyl groups is 3. The SMILES string of the molecule is C=CCO[C@H]1[C@H](O[C@@H]2O[C@H](COC(C)=O)[C@H](OC(C)=O)[C@H](OC(C)=O)[C@@H]2OC(C)=O)[C@@H](O)[C@H](CO)O[C@@H]1O. The van der Waals surface area contributed by atoms with Crippen LogP contribution in [0.25, 0.3) is 0 Å². The number of hydrogen-bond acceptors (Lipinski definition) is 15. The van der Waals surface area contributed by atoms with E-state index in [1.165, 1.54) is 6.08 Å². The molecule has 2 rings (SSSR count). The van der Waals surface area contributed by atoms with Gasteiger partial charge in [0.1, 0.15) is 37.1 Å². The molecule has 38 heavy (non-hydrogen) atoms. The van der Waals surface area contributed by atoms with Crippen LogP contribution in [0.15, 0.2) is 12.7 Å². The molecule has 216 valence electrons. The number of hydrogen-bond donors (Lipinski definition) is 3. The monoisotopic (exact) mass is 550 g/mol. The molecule has 3 N–H and O–H groups in total. The van der Waals surface area contributed by atoms with Crippen LogP contribution >= 0.6 is 0 Å². The number of carbonyl (C=O) groups is 4. The average Bonchev–Trinajstić information content (AvgIpc) is 2.82. The number of carbonyl (C=O) groups excluding carboxylic acids is 4. The fraction of sp³-hybridized carbons (Fsp3) is 0.739. The van der Waals surface area contributed by atoms with E-state index in [0.717, 1.165) is 27.7 Å². The summed E-state index contributed by atoms with van der Waals surface area (Å²) in [7, 11) is 0. The normalized spacial score (nSPS) is 35.0. The van der Waals surface area contributed by atoms with Crippen molar-refractivity contribution in [3.63, 3.8) is 0 Å². The van der Waals surface area contributed by atoms with Crippen LogP contribution < -0.4 is 0 Å². The second-order valence-electron chi connectivity index (χ2n) is 8.49. The molecule has 0 amide bonds. The van der Waals surface area contributed by atoms with E-state index < -0.39 is 98.5 Å². The highest BCUT2D eigenvalue weighted by Crippen LogP contribution is 2.33. The summed E-state index contributed by atoms with van der Waals surface area (Å²) in [5.74, 6) is -3.21. The van der Waals surface area contributed by atoms with E-state index >= 15 is 0 Å². The van der Waals surface area contributed by atoms with Crippen LogP contribution in [0.2, 0.25) is 0 Å². The lowest BCUT2D eigenvalue weighted by Gasteiger charge is -2.47. The minimum Gasteiger partial charge on any atom is -0.463 e. The molecule has 0 aliphatic carbocycles. The topological polar surface area (TPSA) is 203 Å². The highest BCUT2D eigenvalue weighted by molar-refractivity contribution is 5.68. The zero-order valence-electron chi connectivity index (χ0n) is 21.4. The van der Waals surface area contributed by atoms with Crippen LogP contribution in [0.3, 0.4) is 0 Å². The highest BCUT2D eigenvalue weighted by Gasteiger charge is 2.55. The molecule has 10 atom stereocenters. The van der Waals surface area contributed by atoms with E-state index in [1.54, 1.807) is 0 Å². The van der Waals surface area contributed by atoms with Crippen molar-refractivity contribution in [3.8, 4) is 0 Å². The molecule has 2 saturated heterocycles. The second kappa shape index (κ2) is 14.5. The molecular weight excluding hydrogens is 516 g/mol. The van der Waals surface area contributed by atoms with Crippen molar-refractivity contribution in [2.75, 3.05) is 19.8 Å². The van der Waals surface area contributed by atoms with Gasteiger partial charge in [-0.15, -0.1) is 6.58 Å². The van der Waals surface area contributed by atoms with Crippen LogP contribution in [-0.2, 0) is 57.1 Å². The Hall–Kier alpha value is -2.66. The van der Waals surface area contributed by atoms with Gasteiger partial charge in [-0.2, -0.15) is 0 Å². The Labute approximate surface area is 218 Å². The summed E-state index contributed by atoms with van der Waals surface area (Å²) in [5.41, 5.74) is 0. The minimum absolute atomic E-state index is 0.0972. The molecule has 0 saturated carbocycles. The zero-order chi connectivity index (χ0) is 28.6. The largest absolute Gasteiger partial charge is 0.463 e. The van der Waals surface area contributed by atoms with Gasteiger partial charge in [-0.1, -0.05) is 6.08 Å². The quantitative estimate of drug-likeness (QED) is 0.146. The van der Waals surface area contributed by atoms with Crippen molar-refractivity contribution in [2.24, 2.45) is 0 Å². The first-order chi connectivity index (χ1) is 17.9. The lowest BCUT2D eigenvalue weighted by atomic mass is 9.96. The predicted molar refractivity (Wildman–Crippen MR) is 121 cm³/mol. The molecule has 0 unspecified atom stereocenters. The fourth-order valence-electron chi connectivity index (χ4n) is 4.02. The van der Waals surface area contributed by atoms with E-state index in [1.807, 2.05) is 0 Å². The summed E-state index contributed by atoms with van der Waals surface area (Å²) in [6, 6.07) is 0. The Bertz CT molecular complexity index is 847. The Morgan fingerprint density at radius 1 is 0.789 bits per heavy atom. The zero-order valence-corrected chi connectivity index (χ0v) is 21.4. The van der Waals surface area contributed by atoms with E-state index in [2.05, 4.69) is 6.58 Å². The van der Waals surface area contributed by atoms with Gasteiger partial charge in [0.25, 0.3) is 0 Å². The van der Waals surface area contributed by atoms with Crippen molar-refractivity contribution in [2.45, 2.75) is 89.1 Å². The summed E-state index contributed by atoms with van der Waals surface area (Å²) >= 11 is 0. The molecular formula is C23H34O15. The van der Waals surface area contributed by atoms with Crippen LogP contribution in [0.1, 0.15) is 27.7 Å². The number of ether oxygens (including phenoxy) is 8. The van der Waals surface area contributed by atoms with E-state index in [4.69, 9.17) is 37.9 Å². The first-order valence-corrected chi connectivity index (χ1v) is 11.7. The van der Waals surface area contributed by atoms with Gasteiger partial charge < -0.3 is 53.2 Å². The van der Waals surface area contributed by atoms with Crippen molar-refractivity contribution in [3.05, 3.63) is 12.7 Å². The number of aliphatic hydroxyl groups excluding tert-OH is 3. The molecule has 0 aromatic heterocycles. The van der Waals surface area contributed by atoms with Gasteiger partial charge >= 0.3 is 23.9 Å². The van der Waals surface area contributed by atoms with Gasteiger partial charge in [-0.25, -0.2) is 0 Å². The highest BCUT2D eigenvalue weighted by atomic mass is 16.8. The predicted octanol–water partition coefficient (Wildman–Crippen LogP) is -1.90. The van der Waals surface area contributed by atoms with E-state index in [9.17, 15) is 34.5 Å². The van der Waals surface area contributed by atoms with Gasteiger partial charge in [0.05, 0.1) is 13.2 Å². The molecule has 15 nitrogen and oxygen atoms in total. The van der Waals surface area contributed by atoms with Crippen LogP contribution in [0.5, 0.6) is 0 Å². The average molecular weight is 551 g/mol. The summed E-state index contributed by atoms with van der Waals surface area (Å²) < 4.78 is 43.5. The fourth-order valence-corrected chi connectivity index (χ4v) is 4.02. The van der Waals surface area contributed by atoms with Gasteiger partial charge in [-0.05, 0) is 0 Å². The third kappa shape index (κ3) is 8.42. The molecule has 2 aliphatic heterocycles. The summed E-state index contributed by atoms with van der Waals surface area (Å²) in [4.78, 5) is 47.3. The number of rotatable bonds is 11. The van der Waals surface area contributed by atoms with Gasteiger partial charge in [0.2, 0.25) is 0 Å². The Balaban J connectivity index is 2.52. The Kier molecular flexibility index (Phi) is 12.0. The van der Waals surface area contributed by atoms with Gasteiger partial charge in [-0.3, -0.25) is 19.2 Å². The lowest BCUT2D eigenvalue weighted by Crippen LogP contribution is -2.66. The third-order valence-electron chi connectivity index (χ3n) is 5.46. The first-order valence-electron chi connectivity index (χ1n) is 11.7. The molecule has 15 heteroatoms. The maximum Gasteiger partial charge on any atom is 0.303 e. The molecule has 2 aliphatic rings. The van der Waals surface area contributed by atoms with E-state index in [-0.39, 0.29) is 6.61 Å². The second-order valence-corrected chi connectivity index (χ2v) is 8.49. The molecule has 0 radical (unpaired) electrons. The third-order valence-corrected chi connectivity index (χ3v) is 5.46. The first kappa shape index (κ1) is 31.6. The van der Waals surface area contributed by atoms with E-state index in [0.29, 0.717) is 0 Å². The standard InChI is InChI=1S/C23H34O15/c1-6-7-31-20-18(16(29)14(8-24)36-22(20)30)38-23-21(35-13(5)28)19(34-12(4)27)17(33-11(3)26)15(37-23)9-32-10(2)25/h6,14-24,29-30H,1,7-9H2,2-5H3/t14-,15+,16-,17-,18+,19-,20-,21-,22-,23-/m0/s1. The van der Waals surface area contributed by atoms with Crippen molar-refractivity contribution >= 4 is 23.9 Å². The van der Waals surface area contributed by atoms with Crippen LogP contribution in [-0.4, -0.2) is 120 Å². The lowest BCUT2D eigenvalue weighted by molar-refractivity contribution is -0.360. The smallest absolute Gasteiger partial charge is 0.303 e. The van der Waals surface area contributed by atoms with Gasteiger partial charge in [0, 0.05) is 27.7 Å². The maximum atomic E-state index is 12.0. The molecule has 0 spiro atoms.